The standard InChI is InChI=1S/C20H24N6/c1-14-13-16-18(22-14)23-20(25-10-2-3-11-25)24-19(16)26-12-4-5-17(26)15-6-8-21-9-7-15/h6-9,13,17H,2-5,10-12H2,1H3,(H,22,23,24). The number of hydrogen-bond acceptors (Lipinski definition) is 5. The Hall–Kier alpha value is -2.63. The quantitative estimate of drug-likeness (QED) is 0.783. The molecule has 2 saturated heterocycles. The molecule has 0 saturated carbocycles. The Balaban J connectivity index is 1.62. The predicted octanol–water partition coefficient (Wildman–Crippen LogP) is 3.60. The molecule has 0 amide bonds. The third-order valence-corrected chi connectivity index (χ3v) is 5.59. The van der Waals surface area contributed by atoms with E-state index in [1.807, 2.05) is 12.4 Å². The Morgan fingerprint density at radius 3 is 2.65 bits per heavy atom. The van der Waals surface area contributed by atoms with Crippen LogP contribution in [0.2, 0.25) is 0 Å². The van der Waals surface area contributed by atoms with Crippen molar-refractivity contribution in [1.29, 1.82) is 0 Å². The monoisotopic (exact) mass is 348 g/mol. The van der Waals surface area contributed by atoms with Gasteiger partial charge in [-0.1, -0.05) is 0 Å². The third-order valence-electron chi connectivity index (χ3n) is 5.59. The third kappa shape index (κ3) is 2.60. The smallest absolute Gasteiger partial charge is 0.229 e. The topological polar surface area (TPSA) is 60.9 Å². The molecule has 2 aliphatic heterocycles. The van der Waals surface area contributed by atoms with Gasteiger partial charge >= 0.3 is 0 Å². The lowest BCUT2D eigenvalue weighted by Gasteiger charge is -2.27. The molecule has 0 aliphatic carbocycles. The fraction of sp³-hybridized carbons (Fsp3) is 0.450. The predicted molar refractivity (Wildman–Crippen MR) is 104 cm³/mol. The molecule has 0 bridgehead atoms. The van der Waals surface area contributed by atoms with Gasteiger partial charge in [-0.25, -0.2) is 0 Å². The number of aryl methyl sites for hydroxylation is 1. The van der Waals surface area contributed by atoms with Gasteiger partial charge in [0, 0.05) is 37.7 Å². The summed E-state index contributed by atoms with van der Waals surface area (Å²) in [4.78, 5) is 22.3. The zero-order valence-corrected chi connectivity index (χ0v) is 15.1. The lowest BCUT2D eigenvalue weighted by atomic mass is 10.1. The summed E-state index contributed by atoms with van der Waals surface area (Å²) in [6.45, 7) is 5.23. The van der Waals surface area contributed by atoms with Gasteiger partial charge in [0.05, 0.1) is 11.4 Å². The van der Waals surface area contributed by atoms with Crippen LogP contribution in [-0.4, -0.2) is 39.6 Å². The summed E-state index contributed by atoms with van der Waals surface area (Å²) in [5.41, 5.74) is 3.41. The highest BCUT2D eigenvalue weighted by Gasteiger charge is 2.30. The van der Waals surface area contributed by atoms with Gasteiger partial charge in [0.15, 0.2) is 0 Å². The van der Waals surface area contributed by atoms with Gasteiger partial charge in [0.1, 0.15) is 11.5 Å². The van der Waals surface area contributed by atoms with Crippen molar-refractivity contribution in [2.45, 2.75) is 38.6 Å². The molecular formula is C20H24N6. The lowest BCUT2D eigenvalue weighted by molar-refractivity contribution is 0.711. The van der Waals surface area contributed by atoms with Gasteiger partial charge in [-0.3, -0.25) is 4.98 Å². The molecule has 3 aromatic rings. The van der Waals surface area contributed by atoms with Crippen LogP contribution in [-0.2, 0) is 0 Å². The van der Waals surface area contributed by atoms with Crippen LogP contribution in [0, 0.1) is 6.92 Å². The van der Waals surface area contributed by atoms with E-state index in [1.165, 1.54) is 24.8 Å². The van der Waals surface area contributed by atoms with Gasteiger partial charge < -0.3 is 14.8 Å². The Bertz CT molecular complexity index is 913. The molecule has 1 N–H and O–H groups in total. The first-order valence-corrected chi connectivity index (χ1v) is 9.58. The van der Waals surface area contributed by atoms with Crippen molar-refractivity contribution in [3.8, 4) is 0 Å². The van der Waals surface area contributed by atoms with Crippen molar-refractivity contribution in [1.82, 2.24) is 19.9 Å². The van der Waals surface area contributed by atoms with Crippen LogP contribution < -0.4 is 9.80 Å². The number of hydrogen-bond donors (Lipinski definition) is 1. The van der Waals surface area contributed by atoms with E-state index in [2.05, 4.69) is 44.9 Å². The molecule has 1 atom stereocenters. The van der Waals surface area contributed by atoms with Crippen molar-refractivity contribution in [3.05, 3.63) is 41.9 Å². The summed E-state index contributed by atoms with van der Waals surface area (Å²) in [7, 11) is 0. The van der Waals surface area contributed by atoms with E-state index in [0.29, 0.717) is 6.04 Å². The van der Waals surface area contributed by atoms with Crippen molar-refractivity contribution in [2.24, 2.45) is 0 Å². The average molecular weight is 348 g/mol. The van der Waals surface area contributed by atoms with E-state index in [0.717, 1.165) is 54.5 Å². The average Bonchev–Trinajstić information content (AvgIpc) is 3.41. The highest BCUT2D eigenvalue weighted by atomic mass is 15.3. The number of aromatic amines is 1. The largest absolute Gasteiger partial charge is 0.349 e. The maximum absolute atomic E-state index is 5.06. The van der Waals surface area contributed by atoms with E-state index in [9.17, 15) is 0 Å². The molecule has 26 heavy (non-hydrogen) atoms. The van der Waals surface area contributed by atoms with E-state index < -0.39 is 0 Å². The number of pyridine rings is 1. The number of fused-ring (bicyclic) bond motifs is 1. The molecule has 134 valence electrons. The number of anilines is 2. The summed E-state index contributed by atoms with van der Waals surface area (Å²) < 4.78 is 0. The van der Waals surface area contributed by atoms with Gasteiger partial charge in [-0.05, 0) is 56.4 Å². The van der Waals surface area contributed by atoms with Crippen LogP contribution in [0.25, 0.3) is 11.0 Å². The minimum Gasteiger partial charge on any atom is -0.349 e. The highest BCUT2D eigenvalue weighted by molar-refractivity contribution is 5.90. The van der Waals surface area contributed by atoms with Gasteiger partial charge in [0.2, 0.25) is 5.95 Å². The Labute approximate surface area is 153 Å². The zero-order chi connectivity index (χ0) is 17.5. The summed E-state index contributed by atoms with van der Waals surface area (Å²) in [6.07, 6.45) is 8.56. The Morgan fingerprint density at radius 2 is 1.85 bits per heavy atom. The van der Waals surface area contributed by atoms with E-state index in [4.69, 9.17) is 9.97 Å². The first-order chi connectivity index (χ1) is 12.8. The second-order valence-corrected chi connectivity index (χ2v) is 7.39. The molecule has 5 rings (SSSR count). The second-order valence-electron chi connectivity index (χ2n) is 7.39. The maximum Gasteiger partial charge on any atom is 0.229 e. The summed E-state index contributed by atoms with van der Waals surface area (Å²) in [5, 5.41) is 1.13. The van der Waals surface area contributed by atoms with Crippen molar-refractivity contribution < 1.29 is 0 Å². The molecule has 0 aromatic carbocycles. The summed E-state index contributed by atoms with van der Waals surface area (Å²) in [5.74, 6) is 1.94. The van der Waals surface area contributed by atoms with E-state index in [-0.39, 0.29) is 0 Å². The number of H-pyrrole nitrogens is 1. The second kappa shape index (κ2) is 6.27. The molecule has 6 heteroatoms. The van der Waals surface area contributed by atoms with Crippen molar-refractivity contribution in [2.75, 3.05) is 29.4 Å². The summed E-state index contributed by atoms with van der Waals surface area (Å²) >= 11 is 0. The molecule has 2 aliphatic rings. The summed E-state index contributed by atoms with van der Waals surface area (Å²) in [6, 6.07) is 6.80. The van der Waals surface area contributed by atoms with Gasteiger partial charge in [-0.15, -0.1) is 0 Å². The Kier molecular flexibility index (Phi) is 3.76. The molecule has 5 heterocycles. The minimum absolute atomic E-state index is 0.359. The fourth-order valence-corrected chi connectivity index (χ4v) is 4.34. The van der Waals surface area contributed by atoms with E-state index in [1.54, 1.807) is 0 Å². The zero-order valence-electron chi connectivity index (χ0n) is 15.1. The van der Waals surface area contributed by atoms with Crippen LogP contribution in [0.5, 0.6) is 0 Å². The van der Waals surface area contributed by atoms with Crippen LogP contribution in [0.3, 0.4) is 0 Å². The van der Waals surface area contributed by atoms with Crippen LogP contribution in [0.15, 0.2) is 30.6 Å². The Morgan fingerprint density at radius 1 is 1.04 bits per heavy atom. The highest BCUT2D eigenvalue weighted by Crippen LogP contribution is 2.39. The van der Waals surface area contributed by atoms with Crippen molar-refractivity contribution >= 4 is 22.8 Å². The fourth-order valence-electron chi connectivity index (χ4n) is 4.34. The maximum atomic E-state index is 5.06. The molecule has 6 nitrogen and oxygen atoms in total. The molecule has 2 fully saturated rings. The van der Waals surface area contributed by atoms with Gasteiger partial charge in [0.25, 0.3) is 0 Å². The number of aromatic nitrogens is 4. The van der Waals surface area contributed by atoms with Crippen LogP contribution in [0.1, 0.15) is 43.0 Å². The minimum atomic E-state index is 0.359. The SMILES string of the molecule is Cc1cc2c(N3CCCC3c3ccncc3)nc(N3CCCC3)nc2[nH]1. The van der Waals surface area contributed by atoms with Gasteiger partial charge in [-0.2, -0.15) is 9.97 Å². The van der Waals surface area contributed by atoms with Crippen LogP contribution >= 0.6 is 0 Å². The lowest BCUT2D eigenvalue weighted by Crippen LogP contribution is -2.26. The van der Waals surface area contributed by atoms with Crippen molar-refractivity contribution in [3.63, 3.8) is 0 Å². The van der Waals surface area contributed by atoms with E-state index >= 15 is 0 Å². The number of nitrogens with zero attached hydrogens (tertiary/aromatic N) is 5. The molecule has 3 aromatic heterocycles. The number of nitrogens with one attached hydrogen (secondary N) is 1. The normalized spacial score (nSPS) is 20.4. The first-order valence-electron chi connectivity index (χ1n) is 9.58. The molecular weight excluding hydrogens is 324 g/mol. The molecule has 0 spiro atoms. The molecule has 0 radical (unpaired) electrons. The first kappa shape index (κ1) is 15.6. The number of rotatable bonds is 3. The van der Waals surface area contributed by atoms with Crippen LogP contribution in [0.4, 0.5) is 11.8 Å². The molecule has 1 unspecified atom stereocenters.